The smallest absolute Gasteiger partial charge is 0.224 e. The lowest BCUT2D eigenvalue weighted by molar-refractivity contribution is 0.414. The van der Waals surface area contributed by atoms with Gasteiger partial charge in [0.2, 0.25) is 5.95 Å². The number of ether oxygens (including phenoxy) is 1. The van der Waals surface area contributed by atoms with E-state index in [4.69, 9.17) is 4.74 Å². The maximum atomic E-state index is 5.26. The molecule has 0 aliphatic carbocycles. The molecule has 1 aromatic heterocycles. The Bertz CT molecular complexity index is 601. The molecule has 0 unspecified atom stereocenters. The largest absolute Gasteiger partial charge is 0.497 e. The summed E-state index contributed by atoms with van der Waals surface area (Å²) in [5.41, 5.74) is 2.24. The van der Waals surface area contributed by atoms with Crippen LogP contribution in [0.25, 0.3) is 0 Å². The molecule has 0 radical (unpaired) electrons. The van der Waals surface area contributed by atoms with E-state index in [-0.39, 0.29) is 0 Å². The van der Waals surface area contributed by atoms with Crippen molar-refractivity contribution in [2.24, 2.45) is 0 Å². The van der Waals surface area contributed by atoms with Gasteiger partial charge in [-0.15, -0.1) is 0 Å². The second-order valence-electron chi connectivity index (χ2n) is 4.94. The molecule has 5 heteroatoms. The molecule has 21 heavy (non-hydrogen) atoms. The molecule has 2 aromatic rings. The van der Waals surface area contributed by atoms with E-state index >= 15 is 0 Å². The van der Waals surface area contributed by atoms with Crippen LogP contribution < -0.4 is 15.0 Å². The van der Waals surface area contributed by atoms with Crippen LogP contribution >= 0.6 is 0 Å². The summed E-state index contributed by atoms with van der Waals surface area (Å²) in [6.07, 6.45) is 1.85. The molecular formula is C16H22N4O. The highest BCUT2D eigenvalue weighted by molar-refractivity contribution is 5.49. The third kappa shape index (κ3) is 3.84. The monoisotopic (exact) mass is 286 g/mol. The molecule has 2 rings (SSSR count). The molecule has 0 aliphatic rings. The van der Waals surface area contributed by atoms with Gasteiger partial charge in [0, 0.05) is 31.9 Å². The Morgan fingerprint density at radius 3 is 2.86 bits per heavy atom. The van der Waals surface area contributed by atoms with Crippen molar-refractivity contribution in [1.29, 1.82) is 0 Å². The fraction of sp³-hybridized carbons (Fsp3) is 0.375. The van der Waals surface area contributed by atoms with Gasteiger partial charge >= 0.3 is 0 Å². The summed E-state index contributed by atoms with van der Waals surface area (Å²) in [4.78, 5) is 11.0. The first-order chi connectivity index (χ1) is 10.1. The molecule has 0 fully saturated rings. The number of benzene rings is 1. The number of hydrogen-bond acceptors (Lipinski definition) is 5. The summed E-state index contributed by atoms with van der Waals surface area (Å²) in [6.45, 7) is 5.62. The van der Waals surface area contributed by atoms with Gasteiger partial charge in [-0.1, -0.05) is 12.1 Å². The zero-order valence-electron chi connectivity index (χ0n) is 13.1. The number of nitrogens with one attached hydrogen (secondary N) is 1. The second kappa shape index (κ2) is 6.92. The molecule has 1 N–H and O–H groups in total. The van der Waals surface area contributed by atoms with Crippen LogP contribution in [-0.2, 0) is 6.54 Å². The van der Waals surface area contributed by atoms with Crippen molar-refractivity contribution in [2.75, 3.05) is 30.9 Å². The molecule has 0 atom stereocenters. The third-order valence-electron chi connectivity index (χ3n) is 3.20. The van der Waals surface area contributed by atoms with E-state index in [1.165, 1.54) is 5.56 Å². The average Bonchev–Trinajstić information content (AvgIpc) is 2.49. The van der Waals surface area contributed by atoms with Gasteiger partial charge in [0.15, 0.2) is 0 Å². The third-order valence-corrected chi connectivity index (χ3v) is 3.20. The molecule has 112 valence electrons. The minimum Gasteiger partial charge on any atom is -0.497 e. The topological polar surface area (TPSA) is 50.3 Å². The zero-order valence-corrected chi connectivity index (χ0v) is 13.1. The van der Waals surface area contributed by atoms with Crippen molar-refractivity contribution >= 4 is 11.8 Å². The maximum Gasteiger partial charge on any atom is 0.224 e. The Morgan fingerprint density at radius 2 is 2.14 bits per heavy atom. The number of aromatic nitrogens is 2. The molecule has 0 amide bonds. The lowest BCUT2D eigenvalue weighted by atomic mass is 10.2. The number of anilines is 2. The lowest BCUT2D eigenvalue weighted by Gasteiger charge is -2.21. The molecular weight excluding hydrogens is 264 g/mol. The number of methoxy groups -OCH3 is 1. The van der Waals surface area contributed by atoms with Crippen LogP contribution in [0.15, 0.2) is 30.5 Å². The summed E-state index contributed by atoms with van der Waals surface area (Å²) in [5.74, 6) is 2.47. The van der Waals surface area contributed by atoms with Crippen molar-refractivity contribution in [1.82, 2.24) is 9.97 Å². The van der Waals surface area contributed by atoms with E-state index < -0.39 is 0 Å². The van der Waals surface area contributed by atoms with E-state index in [2.05, 4.69) is 26.3 Å². The molecule has 0 bridgehead atoms. The van der Waals surface area contributed by atoms with Crippen molar-refractivity contribution in [3.63, 3.8) is 0 Å². The highest BCUT2D eigenvalue weighted by Gasteiger charge is 2.09. The van der Waals surface area contributed by atoms with Crippen molar-refractivity contribution < 1.29 is 4.74 Å². The Labute approximate surface area is 126 Å². The van der Waals surface area contributed by atoms with Crippen LogP contribution in [0.1, 0.15) is 18.1 Å². The van der Waals surface area contributed by atoms with Gasteiger partial charge in [0.05, 0.1) is 7.11 Å². The Hall–Kier alpha value is -2.30. The Balaban J connectivity index is 2.18. The summed E-state index contributed by atoms with van der Waals surface area (Å²) >= 11 is 0. The molecule has 0 aliphatic heterocycles. The highest BCUT2D eigenvalue weighted by Crippen LogP contribution is 2.20. The van der Waals surface area contributed by atoms with E-state index in [1.807, 2.05) is 45.3 Å². The number of rotatable bonds is 6. The van der Waals surface area contributed by atoms with Crippen LogP contribution in [0.4, 0.5) is 11.8 Å². The first-order valence-electron chi connectivity index (χ1n) is 7.05. The zero-order chi connectivity index (χ0) is 15.2. The summed E-state index contributed by atoms with van der Waals surface area (Å²) in [6, 6.07) is 8.07. The summed E-state index contributed by atoms with van der Waals surface area (Å²) in [7, 11) is 3.71. The molecule has 1 heterocycles. The molecule has 0 saturated heterocycles. The van der Waals surface area contributed by atoms with Crippen LogP contribution in [-0.4, -0.2) is 30.7 Å². The first kappa shape index (κ1) is 15.1. The van der Waals surface area contributed by atoms with E-state index in [0.29, 0.717) is 5.95 Å². The van der Waals surface area contributed by atoms with Gasteiger partial charge in [-0.05, 0) is 31.5 Å². The summed E-state index contributed by atoms with van der Waals surface area (Å²) < 4.78 is 5.26. The quantitative estimate of drug-likeness (QED) is 0.885. The van der Waals surface area contributed by atoms with Gasteiger partial charge in [-0.2, -0.15) is 4.98 Å². The fourth-order valence-electron chi connectivity index (χ4n) is 2.18. The van der Waals surface area contributed by atoms with Gasteiger partial charge < -0.3 is 15.0 Å². The summed E-state index contributed by atoms with van der Waals surface area (Å²) in [5, 5.41) is 3.14. The SMILES string of the molecule is CCNc1ncc(C)c(N(C)Cc2cccc(OC)c2)n1. The highest BCUT2D eigenvalue weighted by atomic mass is 16.5. The van der Waals surface area contributed by atoms with Crippen LogP contribution in [0.5, 0.6) is 5.75 Å². The Morgan fingerprint density at radius 1 is 1.33 bits per heavy atom. The van der Waals surface area contributed by atoms with Gasteiger partial charge in [-0.3, -0.25) is 0 Å². The minimum atomic E-state index is 0.663. The number of aryl methyl sites for hydroxylation is 1. The predicted molar refractivity (Wildman–Crippen MR) is 86.0 cm³/mol. The van der Waals surface area contributed by atoms with Gasteiger partial charge in [-0.25, -0.2) is 4.98 Å². The lowest BCUT2D eigenvalue weighted by Crippen LogP contribution is -2.20. The maximum absolute atomic E-state index is 5.26. The number of hydrogen-bond donors (Lipinski definition) is 1. The minimum absolute atomic E-state index is 0.663. The van der Waals surface area contributed by atoms with Crippen LogP contribution in [0.3, 0.4) is 0 Å². The van der Waals surface area contributed by atoms with Crippen molar-refractivity contribution in [3.8, 4) is 5.75 Å². The fourth-order valence-corrected chi connectivity index (χ4v) is 2.18. The Kier molecular flexibility index (Phi) is 4.98. The van der Waals surface area contributed by atoms with Gasteiger partial charge in [0.1, 0.15) is 11.6 Å². The molecule has 5 nitrogen and oxygen atoms in total. The standard InChI is InChI=1S/C16H22N4O/c1-5-17-16-18-10-12(2)15(19-16)20(3)11-13-7-6-8-14(9-13)21-4/h6-10H,5,11H2,1-4H3,(H,17,18,19). The van der Waals surface area contributed by atoms with Gasteiger partial charge in [0.25, 0.3) is 0 Å². The van der Waals surface area contributed by atoms with E-state index in [9.17, 15) is 0 Å². The molecule has 0 spiro atoms. The molecule has 1 aromatic carbocycles. The average molecular weight is 286 g/mol. The van der Waals surface area contributed by atoms with Crippen molar-refractivity contribution in [2.45, 2.75) is 20.4 Å². The normalized spacial score (nSPS) is 10.3. The predicted octanol–water partition coefficient (Wildman–Crippen LogP) is 2.86. The van der Waals surface area contributed by atoms with Crippen LogP contribution in [0, 0.1) is 6.92 Å². The van der Waals surface area contributed by atoms with Crippen molar-refractivity contribution in [3.05, 3.63) is 41.6 Å². The van der Waals surface area contributed by atoms with E-state index in [1.54, 1.807) is 7.11 Å². The number of nitrogens with zero attached hydrogens (tertiary/aromatic N) is 3. The van der Waals surface area contributed by atoms with Crippen LogP contribution in [0.2, 0.25) is 0 Å². The van der Waals surface area contributed by atoms with E-state index in [0.717, 1.165) is 30.2 Å². The second-order valence-corrected chi connectivity index (χ2v) is 4.94. The molecule has 0 saturated carbocycles. The first-order valence-corrected chi connectivity index (χ1v) is 7.05.